The van der Waals surface area contributed by atoms with Crippen LogP contribution in [0.1, 0.15) is 45.0 Å². The Hall–Kier alpha value is -6.39. The van der Waals surface area contributed by atoms with E-state index in [1.165, 1.54) is 38.9 Å². The van der Waals surface area contributed by atoms with Crippen molar-refractivity contribution in [1.82, 2.24) is 15.3 Å². The van der Waals surface area contributed by atoms with Crippen LogP contribution in [0.3, 0.4) is 0 Å². The number of aliphatic imine (C=N–C) groups is 1. The van der Waals surface area contributed by atoms with Gasteiger partial charge in [-0.1, -0.05) is 133 Å². The van der Waals surface area contributed by atoms with E-state index in [9.17, 15) is 0 Å². The Morgan fingerprint density at radius 3 is 1.90 bits per heavy atom. The quantitative estimate of drug-likeness (QED) is 0.212. The Balaban J connectivity index is 1.13. The molecule has 4 nitrogen and oxygen atoms in total. The summed E-state index contributed by atoms with van der Waals surface area (Å²) < 4.78 is 0. The Morgan fingerprint density at radius 2 is 1.12 bits per heavy atom. The highest BCUT2D eigenvalue weighted by atomic mass is 15.0. The van der Waals surface area contributed by atoms with Gasteiger partial charge in [-0.05, 0) is 63.2 Å². The largest absolute Gasteiger partial charge is 0.359 e. The Labute approximate surface area is 285 Å². The van der Waals surface area contributed by atoms with E-state index >= 15 is 0 Å². The number of nitrogens with one attached hydrogen (secondary N) is 1. The molecule has 1 aliphatic heterocycles. The van der Waals surface area contributed by atoms with Crippen LogP contribution >= 0.6 is 0 Å². The molecule has 1 N–H and O–H groups in total. The fourth-order valence-corrected chi connectivity index (χ4v) is 8.09. The minimum Gasteiger partial charge on any atom is -0.359 e. The third-order valence-electron chi connectivity index (χ3n) is 10.2. The second-order valence-electron chi connectivity index (χ2n) is 12.9. The minimum atomic E-state index is -0.484. The number of hydrogen-bond acceptors (Lipinski definition) is 4. The molecule has 230 valence electrons. The molecule has 7 aromatic rings. The van der Waals surface area contributed by atoms with Crippen molar-refractivity contribution in [1.29, 1.82) is 0 Å². The lowest BCUT2D eigenvalue weighted by atomic mass is 9.71. The number of hydrogen-bond donors (Lipinski definition) is 1. The van der Waals surface area contributed by atoms with Crippen LogP contribution in [0.2, 0.25) is 0 Å². The molecule has 0 saturated heterocycles. The molecule has 1 atom stereocenters. The van der Waals surface area contributed by atoms with E-state index in [1.807, 2.05) is 18.5 Å². The average Bonchev–Trinajstić information content (AvgIpc) is 3.66. The van der Waals surface area contributed by atoms with Crippen molar-refractivity contribution < 1.29 is 0 Å². The van der Waals surface area contributed by atoms with E-state index in [2.05, 4.69) is 157 Å². The van der Waals surface area contributed by atoms with E-state index in [-0.39, 0.29) is 6.04 Å². The predicted molar refractivity (Wildman–Crippen MR) is 197 cm³/mol. The van der Waals surface area contributed by atoms with Gasteiger partial charge in [0.1, 0.15) is 5.84 Å². The number of rotatable bonds is 4. The third-order valence-corrected chi connectivity index (χ3v) is 10.2. The number of aromatic nitrogens is 2. The maximum absolute atomic E-state index is 5.17. The second-order valence-corrected chi connectivity index (χ2v) is 12.9. The number of benzene rings is 5. The summed E-state index contributed by atoms with van der Waals surface area (Å²) in [6.07, 6.45) is 6.11. The topological polar surface area (TPSA) is 50.2 Å². The van der Waals surface area contributed by atoms with Crippen LogP contribution in [0, 0.1) is 0 Å². The Bertz CT molecular complexity index is 2420. The van der Waals surface area contributed by atoms with Crippen molar-refractivity contribution in [2.75, 3.05) is 0 Å². The first-order chi connectivity index (χ1) is 24.3. The summed E-state index contributed by atoms with van der Waals surface area (Å²) in [5, 5.41) is 3.67. The first kappa shape index (κ1) is 27.7. The molecule has 4 heteroatoms. The van der Waals surface area contributed by atoms with Crippen LogP contribution in [0.5, 0.6) is 0 Å². The van der Waals surface area contributed by atoms with Crippen molar-refractivity contribution >= 4 is 11.5 Å². The molecular formula is C45H30N4. The van der Waals surface area contributed by atoms with Crippen molar-refractivity contribution in [3.63, 3.8) is 0 Å². The van der Waals surface area contributed by atoms with Crippen molar-refractivity contribution in [3.05, 3.63) is 209 Å². The smallest absolute Gasteiger partial charge is 0.134 e. The van der Waals surface area contributed by atoms with Crippen molar-refractivity contribution in [2.45, 2.75) is 11.5 Å². The van der Waals surface area contributed by atoms with E-state index in [1.54, 1.807) is 0 Å². The highest BCUT2D eigenvalue weighted by Gasteiger charge is 2.52. The van der Waals surface area contributed by atoms with Gasteiger partial charge in [0.2, 0.25) is 0 Å². The Morgan fingerprint density at radius 1 is 0.490 bits per heavy atom. The summed E-state index contributed by atoms with van der Waals surface area (Å²) in [6, 6.07) is 53.9. The number of amidine groups is 1. The normalized spacial score (nSPS) is 16.1. The number of fused-ring (bicyclic) bond motifs is 10. The van der Waals surface area contributed by atoms with Crippen LogP contribution < -0.4 is 5.32 Å². The van der Waals surface area contributed by atoms with Gasteiger partial charge in [-0.15, -0.1) is 0 Å². The van der Waals surface area contributed by atoms with Crippen molar-refractivity contribution in [3.8, 4) is 33.6 Å². The highest BCUT2D eigenvalue weighted by molar-refractivity contribution is 6.03. The monoisotopic (exact) mass is 626 g/mol. The SMILES string of the molecule is C1=C(c2cccc(-c3cnc4c(c3)C3(c5ccccc5-c5ccccc53)c3cccnc3-4)c2)N=C(c2ccccc2)NC1c1ccccc1. The van der Waals surface area contributed by atoms with E-state index in [0.29, 0.717) is 0 Å². The molecule has 0 saturated carbocycles. The Kier molecular flexibility index (Phi) is 6.12. The van der Waals surface area contributed by atoms with Gasteiger partial charge in [0.25, 0.3) is 0 Å². The summed E-state index contributed by atoms with van der Waals surface area (Å²) in [4.78, 5) is 15.3. The van der Waals surface area contributed by atoms with Crippen molar-refractivity contribution in [2.24, 2.45) is 4.99 Å². The molecule has 49 heavy (non-hydrogen) atoms. The molecule has 5 aromatic carbocycles. The van der Waals surface area contributed by atoms with Gasteiger partial charge in [-0.3, -0.25) is 9.97 Å². The van der Waals surface area contributed by atoms with Gasteiger partial charge in [-0.2, -0.15) is 0 Å². The van der Waals surface area contributed by atoms with Crippen LogP contribution in [0.4, 0.5) is 0 Å². The fourth-order valence-electron chi connectivity index (χ4n) is 8.09. The molecular weight excluding hydrogens is 597 g/mol. The van der Waals surface area contributed by atoms with Gasteiger partial charge < -0.3 is 5.32 Å². The fraction of sp³-hybridized carbons (Fsp3) is 0.0444. The molecule has 0 fully saturated rings. The first-order valence-corrected chi connectivity index (χ1v) is 16.7. The predicted octanol–water partition coefficient (Wildman–Crippen LogP) is 9.62. The maximum Gasteiger partial charge on any atom is 0.134 e. The van der Waals surface area contributed by atoms with E-state index < -0.39 is 5.41 Å². The maximum atomic E-state index is 5.17. The van der Waals surface area contributed by atoms with Gasteiger partial charge in [-0.25, -0.2) is 4.99 Å². The van der Waals surface area contributed by atoms with Crippen LogP contribution in [0.15, 0.2) is 175 Å². The molecule has 10 rings (SSSR count). The van der Waals surface area contributed by atoms with Gasteiger partial charge in [0.05, 0.1) is 28.5 Å². The molecule has 0 amide bonds. The zero-order chi connectivity index (χ0) is 32.4. The summed E-state index contributed by atoms with van der Waals surface area (Å²) >= 11 is 0. The standard InChI is InChI=1S/C45H30N4/c1-3-13-29(14-4-1)40-27-41(49-44(48-40)30-15-5-2-6-16-30)32-18-11-17-31(25-32)33-26-39-43(47-28-33)42-38(23-12-24-46-42)45(39)36-21-9-7-19-34(36)35-20-8-10-22-37(35)45/h1-28,40H,(H,48,49). The van der Waals surface area contributed by atoms with Gasteiger partial charge in [0.15, 0.2) is 0 Å². The molecule has 0 bridgehead atoms. The van der Waals surface area contributed by atoms with Crippen LogP contribution in [-0.2, 0) is 5.41 Å². The molecule has 0 radical (unpaired) electrons. The summed E-state index contributed by atoms with van der Waals surface area (Å²) in [6.45, 7) is 0. The molecule has 1 spiro atoms. The van der Waals surface area contributed by atoms with E-state index in [0.717, 1.165) is 45.2 Å². The second kappa shape index (κ2) is 10.8. The molecule has 3 aliphatic rings. The molecule has 2 aromatic heterocycles. The van der Waals surface area contributed by atoms with Crippen LogP contribution in [0.25, 0.3) is 39.3 Å². The van der Waals surface area contributed by atoms with Gasteiger partial charge >= 0.3 is 0 Å². The zero-order valence-corrected chi connectivity index (χ0v) is 26.6. The number of pyridine rings is 2. The lowest BCUT2D eigenvalue weighted by Gasteiger charge is -2.30. The first-order valence-electron chi connectivity index (χ1n) is 16.7. The molecule has 2 aliphatic carbocycles. The summed E-state index contributed by atoms with van der Waals surface area (Å²) in [7, 11) is 0. The van der Waals surface area contributed by atoms with E-state index in [4.69, 9.17) is 15.0 Å². The number of nitrogens with zero attached hydrogens (tertiary/aromatic N) is 3. The van der Waals surface area contributed by atoms with Crippen LogP contribution in [-0.4, -0.2) is 15.8 Å². The lowest BCUT2D eigenvalue weighted by Crippen LogP contribution is -2.31. The summed E-state index contributed by atoms with van der Waals surface area (Å²) in [5.41, 5.74) is 15.3. The minimum absolute atomic E-state index is 0.0115. The third kappa shape index (κ3) is 4.14. The highest BCUT2D eigenvalue weighted by Crippen LogP contribution is 2.62. The molecule has 1 unspecified atom stereocenters. The average molecular weight is 627 g/mol. The van der Waals surface area contributed by atoms with Gasteiger partial charge in [0, 0.05) is 34.6 Å². The lowest BCUT2D eigenvalue weighted by molar-refractivity contribution is 0.781. The zero-order valence-electron chi connectivity index (χ0n) is 26.6. The summed E-state index contributed by atoms with van der Waals surface area (Å²) in [5.74, 6) is 0.863. The molecule has 3 heterocycles.